The van der Waals surface area contributed by atoms with Gasteiger partial charge in [0.05, 0.1) is 0 Å². The molecule has 0 saturated carbocycles. The van der Waals surface area contributed by atoms with Crippen LogP contribution in [0.3, 0.4) is 0 Å². The van der Waals surface area contributed by atoms with E-state index in [0.717, 1.165) is 0 Å². The first kappa shape index (κ1) is 15.8. The molecule has 0 aromatic carbocycles. The second kappa shape index (κ2) is 3.95. The summed E-state index contributed by atoms with van der Waals surface area (Å²) in [4.78, 5) is 9.52. The molecule has 0 aromatic rings. The van der Waals surface area contributed by atoms with E-state index in [4.69, 9.17) is 0 Å². The number of halogens is 9. The predicted molar refractivity (Wildman–Crippen MR) is 31.5 cm³/mol. The molecule has 0 spiro atoms. The van der Waals surface area contributed by atoms with E-state index in [9.17, 15) is 49.4 Å². The van der Waals surface area contributed by atoms with Crippen LogP contribution in [0.1, 0.15) is 0 Å². The van der Waals surface area contributed by atoms with Gasteiger partial charge in [-0.1, -0.05) is 0 Å². The van der Waals surface area contributed by atoms with Crippen LogP contribution in [-0.2, 0) is 9.90 Å². The minimum absolute atomic E-state index is 3.38. The van der Waals surface area contributed by atoms with Crippen LogP contribution in [0.25, 0.3) is 0 Å². The van der Waals surface area contributed by atoms with E-state index in [1.54, 1.807) is 0 Å². The Bertz CT molecular complexity index is 311. The molecule has 0 fully saturated rings. The van der Waals surface area contributed by atoms with Crippen molar-refractivity contribution in [3.63, 3.8) is 0 Å². The van der Waals surface area contributed by atoms with E-state index in [1.807, 2.05) is 0 Å². The molecule has 0 N–H and O–H groups in total. The van der Waals surface area contributed by atoms with Gasteiger partial charge < -0.3 is 0 Å². The van der Waals surface area contributed by atoms with Crippen molar-refractivity contribution < 1.29 is 49.4 Å². The highest BCUT2D eigenvalue weighted by Crippen LogP contribution is 2.52. The summed E-state index contributed by atoms with van der Waals surface area (Å²) in [7, 11) is 0. The number of carbonyl (C=O) groups is 1. The molecular formula is C6H2F9O2. The molecule has 2 nitrogen and oxygen atoms in total. The van der Waals surface area contributed by atoms with Gasteiger partial charge in [-0.2, -0.15) is 35.1 Å². The molecule has 0 aliphatic carbocycles. The normalized spacial score (nSPS) is 14.9. The van der Waals surface area contributed by atoms with E-state index in [1.165, 1.54) is 0 Å². The smallest absolute Gasteiger partial charge is 0.244 e. The lowest BCUT2D eigenvalue weighted by Gasteiger charge is -2.33. The monoisotopic (exact) mass is 277 g/mol. The first-order valence-electron chi connectivity index (χ1n) is 3.54. The molecule has 0 heterocycles. The van der Waals surface area contributed by atoms with Crippen molar-refractivity contribution in [2.45, 2.75) is 23.7 Å². The van der Waals surface area contributed by atoms with E-state index in [-0.39, 0.29) is 0 Å². The summed E-state index contributed by atoms with van der Waals surface area (Å²) in [6.45, 7) is -3.38. The predicted octanol–water partition coefficient (Wildman–Crippen LogP) is 2.45. The summed E-state index contributed by atoms with van der Waals surface area (Å²) in [6.07, 6.45) is 0. The third kappa shape index (κ3) is 2.02. The first-order valence-corrected chi connectivity index (χ1v) is 3.54. The molecule has 0 atom stereocenters. The third-order valence-electron chi connectivity index (χ3n) is 1.67. The number of alkyl halides is 9. The Morgan fingerprint density at radius 2 is 1.18 bits per heavy atom. The summed E-state index contributed by atoms with van der Waals surface area (Å²) < 4.78 is 109. The van der Waals surface area contributed by atoms with Crippen molar-refractivity contribution in [3.05, 3.63) is 0 Å². The molecular weight excluding hydrogens is 275 g/mol. The van der Waals surface area contributed by atoms with Gasteiger partial charge in [-0.3, -0.25) is 0 Å². The van der Waals surface area contributed by atoms with Gasteiger partial charge in [-0.15, -0.1) is 0 Å². The number of rotatable bonds is 5. The van der Waals surface area contributed by atoms with Gasteiger partial charge in [0.15, 0.2) is 6.67 Å². The van der Waals surface area contributed by atoms with E-state index in [0.29, 0.717) is 0 Å². The largest absolute Gasteiger partial charge is 0.431 e. The van der Waals surface area contributed by atoms with Crippen LogP contribution in [0.15, 0.2) is 0 Å². The zero-order valence-electron chi connectivity index (χ0n) is 7.43. The Morgan fingerprint density at radius 1 is 0.824 bits per heavy atom. The fourth-order valence-electron chi connectivity index (χ4n) is 0.639. The topological polar surface area (TPSA) is 37.0 Å². The quantitative estimate of drug-likeness (QED) is 0.711. The summed E-state index contributed by atoms with van der Waals surface area (Å²) in [5.41, 5.74) is 0. The van der Waals surface area contributed by atoms with Crippen LogP contribution >= 0.6 is 0 Å². The minimum atomic E-state index is -7.02. The number of hydrogen-bond donors (Lipinski definition) is 0. The van der Waals surface area contributed by atoms with Gasteiger partial charge in [0.2, 0.25) is 0 Å². The van der Waals surface area contributed by atoms with Crippen LogP contribution in [0.2, 0.25) is 0 Å². The summed E-state index contributed by atoms with van der Waals surface area (Å²) in [6, 6.07) is 0. The molecule has 0 aliphatic heterocycles. The van der Waals surface area contributed by atoms with Crippen molar-refractivity contribution in [2.75, 3.05) is 6.67 Å². The molecule has 0 rings (SSSR count). The zero-order valence-corrected chi connectivity index (χ0v) is 7.43. The molecule has 101 valence electrons. The standard InChI is InChI=1S/C6H2F9O2/c7-1-3(8,9)5(12,13)6(14,15)4(10,11)2(16)17/h1H2. The van der Waals surface area contributed by atoms with Crippen molar-refractivity contribution in [2.24, 2.45) is 0 Å². The van der Waals surface area contributed by atoms with Gasteiger partial charge in [0.25, 0.3) is 0 Å². The highest BCUT2D eigenvalue weighted by atomic mass is 19.4. The zero-order chi connectivity index (χ0) is 14.3. The van der Waals surface area contributed by atoms with Crippen molar-refractivity contribution >= 4 is 5.97 Å². The average molecular weight is 277 g/mol. The molecule has 0 aromatic heterocycles. The maximum atomic E-state index is 12.3. The minimum Gasteiger partial charge on any atom is -0.244 e. The lowest BCUT2D eigenvalue weighted by molar-refractivity contribution is -0.361. The van der Waals surface area contributed by atoms with Crippen LogP contribution in [0.5, 0.6) is 0 Å². The third-order valence-corrected chi connectivity index (χ3v) is 1.67. The van der Waals surface area contributed by atoms with Crippen LogP contribution < -0.4 is 0 Å². The van der Waals surface area contributed by atoms with Crippen molar-refractivity contribution in [1.29, 1.82) is 0 Å². The molecule has 0 aliphatic rings. The van der Waals surface area contributed by atoms with E-state index >= 15 is 0 Å². The van der Waals surface area contributed by atoms with Gasteiger partial charge in [-0.25, -0.2) is 14.3 Å². The van der Waals surface area contributed by atoms with Crippen LogP contribution in [0.4, 0.5) is 39.5 Å². The van der Waals surface area contributed by atoms with Gasteiger partial charge in [0, 0.05) is 0 Å². The fourth-order valence-corrected chi connectivity index (χ4v) is 0.639. The highest BCUT2D eigenvalue weighted by Gasteiger charge is 2.83. The molecule has 1 radical (unpaired) electrons. The summed E-state index contributed by atoms with van der Waals surface area (Å²) in [5.74, 6) is -30.7. The first-order chi connectivity index (χ1) is 7.25. The lowest BCUT2D eigenvalue weighted by atomic mass is 9.99. The Balaban J connectivity index is 5.69. The van der Waals surface area contributed by atoms with Crippen molar-refractivity contribution in [1.82, 2.24) is 0 Å². The van der Waals surface area contributed by atoms with Crippen LogP contribution in [-0.4, -0.2) is 36.3 Å². The summed E-state index contributed by atoms with van der Waals surface area (Å²) in [5, 5.41) is 9.52. The van der Waals surface area contributed by atoms with Gasteiger partial charge in [0.1, 0.15) is 0 Å². The molecule has 0 bridgehead atoms. The summed E-state index contributed by atoms with van der Waals surface area (Å²) >= 11 is 0. The van der Waals surface area contributed by atoms with Crippen molar-refractivity contribution in [3.8, 4) is 0 Å². The highest BCUT2D eigenvalue weighted by molar-refractivity contribution is 5.76. The second-order valence-corrected chi connectivity index (χ2v) is 2.85. The number of carbonyl (C=O) groups excluding carboxylic acids is 1. The van der Waals surface area contributed by atoms with Gasteiger partial charge >= 0.3 is 29.7 Å². The SMILES string of the molecule is [O]C(=O)C(F)(F)C(F)(F)C(F)(F)C(F)(F)CF. The second-order valence-electron chi connectivity index (χ2n) is 2.85. The molecule has 17 heavy (non-hydrogen) atoms. The lowest BCUT2D eigenvalue weighted by Crippen LogP contribution is -2.64. The van der Waals surface area contributed by atoms with E-state index < -0.39 is 36.3 Å². The van der Waals surface area contributed by atoms with Gasteiger partial charge in [-0.05, 0) is 0 Å². The molecule has 0 unspecified atom stereocenters. The average Bonchev–Trinajstić information content (AvgIpc) is 2.16. The van der Waals surface area contributed by atoms with E-state index in [2.05, 4.69) is 0 Å². The Kier molecular flexibility index (Phi) is 3.68. The Hall–Kier alpha value is -1.16. The Labute approximate surface area is 87.0 Å². The van der Waals surface area contributed by atoms with Crippen LogP contribution in [0, 0.1) is 0 Å². The number of hydrogen-bond acceptors (Lipinski definition) is 1. The Morgan fingerprint density at radius 3 is 1.41 bits per heavy atom. The molecule has 11 heteroatoms. The molecule has 0 saturated heterocycles. The fraction of sp³-hybridized carbons (Fsp3) is 0.833. The maximum absolute atomic E-state index is 12.3. The maximum Gasteiger partial charge on any atom is 0.431 e. The molecule has 0 amide bonds.